The van der Waals surface area contributed by atoms with Crippen molar-refractivity contribution >= 4 is 17.8 Å². The first kappa shape index (κ1) is 15.4. The minimum absolute atomic E-state index is 0.0396. The summed E-state index contributed by atoms with van der Waals surface area (Å²) < 4.78 is 5.54. The molecule has 19 heavy (non-hydrogen) atoms. The molecule has 0 aromatic rings. The van der Waals surface area contributed by atoms with Crippen molar-refractivity contribution in [1.82, 2.24) is 10.2 Å². The summed E-state index contributed by atoms with van der Waals surface area (Å²) >= 11 is 0. The highest BCUT2D eigenvalue weighted by Crippen LogP contribution is 2.20. The third-order valence-electron chi connectivity index (χ3n) is 2.92. The summed E-state index contributed by atoms with van der Waals surface area (Å²) in [6, 6.07) is 0. The summed E-state index contributed by atoms with van der Waals surface area (Å²) in [5.74, 6) is -1.38. The maximum Gasteiger partial charge on any atom is 0.303 e. The van der Waals surface area contributed by atoms with Gasteiger partial charge >= 0.3 is 5.97 Å². The molecule has 1 fully saturated rings. The second kappa shape index (κ2) is 7.08. The molecular formula is C12H20N2O5. The molecule has 7 nitrogen and oxygen atoms in total. The predicted molar refractivity (Wildman–Crippen MR) is 66.5 cm³/mol. The lowest BCUT2D eigenvalue weighted by Crippen LogP contribution is -2.36. The summed E-state index contributed by atoms with van der Waals surface area (Å²) in [4.78, 5) is 34.8. The fourth-order valence-electron chi connectivity index (χ4n) is 1.86. The number of hydrogen-bond donors (Lipinski definition) is 2. The Labute approximate surface area is 111 Å². The Balaban J connectivity index is 2.23. The summed E-state index contributed by atoms with van der Waals surface area (Å²) in [6.45, 7) is 0.315. The van der Waals surface area contributed by atoms with E-state index in [0.29, 0.717) is 19.4 Å². The van der Waals surface area contributed by atoms with Gasteiger partial charge in [-0.05, 0) is 12.8 Å². The van der Waals surface area contributed by atoms with E-state index >= 15 is 0 Å². The maximum atomic E-state index is 11.7. The van der Waals surface area contributed by atoms with Gasteiger partial charge in [-0.25, -0.2) is 0 Å². The first-order valence-corrected chi connectivity index (χ1v) is 6.25. The van der Waals surface area contributed by atoms with Crippen LogP contribution in [0.5, 0.6) is 0 Å². The molecule has 1 saturated heterocycles. The standard InChI is InChI=1S/C12H20N2O5/c1-14(2)12(18)9-4-3-8(19-9)7-13-10(15)5-6-11(16)17/h8-9H,3-7H2,1-2H3,(H,13,15)(H,16,17). The molecule has 2 N–H and O–H groups in total. The molecule has 0 bridgehead atoms. The molecule has 2 unspecified atom stereocenters. The monoisotopic (exact) mass is 272 g/mol. The first-order valence-electron chi connectivity index (χ1n) is 6.25. The van der Waals surface area contributed by atoms with Gasteiger partial charge in [0.15, 0.2) is 0 Å². The lowest BCUT2D eigenvalue weighted by Gasteiger charge is -2.17. The van der Waals surface area contributed by atoms with Crippen LogP contribution in [-0.2, 0) is 19.1 Å². The quantitative estimate of drug-likeness (QED) is 0.686. The van der Waals surface area contributed by atoms with Gasteiger partial charge in [0, 0.05) is 27.1 Å². The number of carbonyl (C=O) groups excluding carboxylic acids is 2. The number of ether oxygens (including phenoxy) is 1. The zero-order valence-corrected chi connectivity index (χ0v) is 11.2. The highest BCUT2D eigenvalue weighted by atomic mass is 16.5. The van der Waals surface area contributed by atoms with Gasteiger partial charge in [0.2, 0.25) is 5.91 Å². The van der Waals surface area contributed by atoms with E-state index in [-0.39, 0.29) is 30.8 Å². The number of nitrogens with one attached hydrogen (secondary N) is 1. The number of rotatable bonds is 6. The number of hydrogen-bond acceptors (Lipinski definition) is 4. The Morgan fingerprint density at radius 2 is 1.95 bits per heavy atom. The van der Waals surface area contributed by atoms with E-state index in [0.717, 1.165) is 0 Å². The Hall–Kier alpha value is -1.63. The smallest absolute Gasteiger partial charge is 0.303 e. The third kappa shape index (κ3) is 5.25. The van der Waals surface area contributed by atoms with Crippen LogP contribution in [-0.4, -0.2) is 60.6 Å². The predicted octanol–water partition coefficient (Wildman–Crippen LogP) is -0.397. The van der Waals surface area contributed by atoms with Gasteiger partial charge in [0.05, 0.1) is 12.5 Å². The highest BCUT2D eigenvalue weighted by molar-refractivity contribution is 5.81. The number of amides is 2. The van der Waals surface area contributed by atoms with Crippen molar-refractivity contribution in [3.8, 4) is 0 Å². The molecule has 0 aromatic carbocycles. The Kier molecular flexibility index (Phi) is 5.75. The number of nitrogens with zero attached hydrogens (tertiary/aromatic N) is 1. The summed E-state index contributed by atoms with van der Waals surface area (Å²) in [6.07, 6.45) is 0.524. The van der Waals surface area contributed by atoms with Gasteiger partial charge in [-0.1, -0.05) is 0 Å². The number of carbonyl (C=O) groups is 3. The molecule has 0 radical (unpaired) electrons. The second-order valence-electron chi connectivity index (χ2n) is 4.75. The average Bonchev–Trinajstić information content (AvgIpc) is 2.81. The van der Waals surface area contributed by atoms with Gasteiger partial charge < -0.3 is 20.1 Å². The van der Waals surface area contributed by atoms with Crippen molar-refractivity contribution in [3.63, 3.8) is 0 Å². The van der Waals surface area contributed by atoms with E-state index in [9.17, 15) is 14.4 Å². The van der Waals surface area contributed by atoms with E-state index in [1.807, 2.05) is 0 Å². The molecule has 0 saturated carbocycles. The van der Waals surface area contributed by atoms with Crippen LogP contribution < -0.4 is 5.32 Å². The molecule has 108 valence electrons. The molecule has 7 heteroatoms. The normalized spacial score (nSPS) is 22.0. The third-order valence-corrected chi connectivity index (χ3v) is 2.92. The van der Waals surface area contributed by atoms with Crippen molar-refractivity contribution in [2.75, 3.05) is 20.6 Å². The summed E-state index contributed by atoms with van der Waals surface area (Å²) in [5.41, 5.74) is 0. The van der Waals surface area contributed by atoms with Gasteiger partial charge in [-0.15, -0.1) is 0 Å². The van der Waals surface area contributed by atoms with Gasteiger partial charge in [0.1, 0.15) is 6.10 Å². The highest BCUT2D eigenvalue weighted by Gasteiger charge is 2.31. The number of likely N-dealkylation sites (N-methyl/N-ethyl adjacent to an activating group) is 1. The zero-order chi connectivity index (χ0) is 14.4. The van der Waals surface area contributed by atoms with Crippen LogP contribution in [0.1, 0.15) is 25.7 Å². The van der Waals surface area contributed by atoms with E-state index in [2.05, 4.69) is 5.32 Å². The molecule has 0 spiro atoms. The molecule has 1 aliphatic rings. The molecule has 0 aromatic heterocycles. The molecule has 1 rings (SSSR count). The van der Waals surface area contributed by atoms with Crippen LogP contribution in [0.4, 0.5) is 0 Å². The van der Waals surface area contributed by atoms with E-state index in [4.69, 9.17) is 9.84 Å². The van der Waals surface area contributed by atoms with Crippen LogP contribution in [0.2, 0.25) is 0 Å². The summed E-state index contributed by atoms with van der Waals surface area (Å²) in [7, 11) is 3.35. The molecule has 1 heterocycles. The molecule has 2 atom stereocenters. The lowest BCUT2D eigenvalue weighted by molar-refractivity contribution is -0.141. The SMILES string of the molecule is CN(C)C(=O)C1CCC(CNC(=O)CCC(=O)O)O1. The first-order chi connectivity index (χ1) is 8.90. The second-order valence-corrected chi connectivity index (χ2v) is 4.75. The van der Waals surface area contributed by atoms with Gasteiger partial charge in [-0.3, -0.25) is 14.4 Å². The van der Waals surface area contributed by atoms with Crippen molar-refractivity contribution in [1.29, 1.82) is 0 Å². The van der Waals surface area contributed by atoms with Crippen molar-refractivity contribution in [2.24, 2.45) is 0 Å². The maximum absolute atomic E-state index is 11.7. The van der Waals surface area contributed by atoms with Crippen molar-refractivity contribution in [3.05, 3.63) is 0 Å². The largest absolute Gasteiger partial charge is 0.481 e. The number of aliphatic carboxylic acids is 1. The van der Waals surface area contributed by atoms with Gasteiger partial charge in [-0.2, -0.15) is 0 Å². The number of carboxylic acids is 1. The van der Waals surface area contributed by atoms with Crippen LogP contribution in [0.3, 0.4) is 0 Å². The van der Waals surface area contributed by atoms with Crippen LogP contribution in [0.25, 0.3) is 0 Å². The van der Waals surface area contributed by atoms with E-state index < -0.39 is 12.1 Å². The number of carboxylic acid groups (broad SMARTS) is 1. The Morgan fingerprint density at radius 3 is 2.53 bits per heavy atom. The van der Waals surface area contributed by atoms with E-state index in [1.54, 1.807) is 14.1 Å². The fraction of sp³-hybridized carbons (Fsp3) is 0.750. The van der Waals surface area contributed by atoms with Crippen molar-refractivity contribution < 1.29 is 24.2 Å². The Morgan fingerprint density at radius 1 is 1.26 bits per heavy atom. The van der Waals surface area contributed by atoms with Gasteiger partial charge in [0.25, 0.3) is 5.91 Å². The zero-order valence-electron chi connectivity index (χ0n) is 11.2. The van der Waals surface area contributed by atoms with Crippen LogP contribution in [0, 0.1) is 0 Å². The molecule has 2 amide bonds. The summed E-state index contributed by atoms with van der Waals surface area (Å²) in [5, 5.41) is 11.1. The topological polar surface area (TPSA) is 95.9 Å². The van der Waals surface area contributed by atoms with E-state index in [1.165, 1.54) is 4.90 Å². The average molecular weight is 272 g/mol. The minimum Gasteiger partial charge on any atom is -0.481 e. The Bertz CT molecular complexity index is 356. The van der Waals surface area contributed by atoms with Crippen LogP contribution in [0.15, 0.2) is 0 Å². The minimum atomic E-state index is -0.996. The fourth-order valence-corrected chi connectivity index (χ4v) is 1.86. The molecule has 1 aliphatic heterocycles. The van der Waals surface area contributed by atoms with Crippen LogP contribution >= 0.6 is 0 Å². The molecule has 0 aliphatic carbocycles. The molecular weight excluding hydrogens is 252 g/mol. The van der Waals surface area contributed by atoms with Crippen molar-refractivity contribution in [2.45, 2.75) is 37.9 Å². The lowest BCUT2D eigenvalue weighted by atomic mass is 10.2.